The van der Waals surface area contributed by atoms with E-state index < -0.39 is 11.7 Å². The minimum Gasteiger partial charge on any atom is -0.477 e. The second-order valence-electron chi connectivity index (χ2n) is 5.76. The first kappa shape index (κ1) is 16.1. The van der Waals surface area contributed by atoms with E-state index in [1.165, 1.54) is 12.3 Å². The summed E-state index contributed by atoms with van der Waals surface area (Å²) in [6.45, 7) is 6.45. The second kappa shape index (κ2) is 6.64. The number of rotatable bonds is 4. The monoisotopic (exact) mass is 302 g/mol. The molecule has 1 aliphatic rings. The van der Waals surface area contributed by atoms with Crippen molar-refractivity contribution in [2.75, 3.05) is 19.7 Å². The fourth-order valence-electron chi connectivity index (χ4n) is 2.62. The molecule has 0 radical (unpaired) electrons. The van der Waals surface area contributed by atoms with Crippen LogP contribution in [0.1, 0.15) is 32.3 Å². The molecule has 6 heteroatoms. The SMILES string of the molecule is CC(C)N1CCCC(COc2ncccc2C(F)(F)F)C1. The molecular formula is C15H21F3N2O. The lowest BCUT2D eigenvalue weighted by atomic mass is 9.98. The van der Waals surface area contributed by atoms with Gasteiger partial charge in [-0.2, -0.15) is 13.2 Å². The summed E-state index contributed by atoms with van der Waals surface area (Å²) in [6, 6.07) is 2.73. The summed E-state index contributed by atoms with van der Waals surface area (Å²) in [4.78, 5) is 6.06. The molecule has 3 nitrogen and oxygen atoms in total. The molecule has 1 aliphatic heterocycles. The van der Waals surface area contributed by atoms with Crippen LogP contribution in [0.3, 0.4) is 0 Å². The first-order chi connectivity index (χ1) is 9.88. The Morgan fingerprint density at radius 2 is 2.19 bits per heavy atom. The maximum absolute atomic E-state index is 12.9. The Labute approximate surface area is 123 Å². The molecule has 0 saturated carbocycles. The number of nitrogens with zero attached hydrogens (tertiary/aromatic N) is 2. The second-order valence-corrected chi connectivity index (χ2v) is 5.76. The molecule has 0 amide bonds. The van der Waals surface area contributed by atoms with Crippen LogP contribution >= 0.6 is 0 Å². The zero-order chi connectivity index (χ0) is 15.5. The summed E-state index contributed by atoms with van der Waals surface area (Å²) in [6.07, 6.45) is -1.07. The molecule has 0 N–H and O–H groups in total. The van der Waals surface area contributed by atoms with Gasteiger partial charge >= 0.3 is 6.18 Å². The topological polar surface area (TPSA) is 25.4 Å². The van der Waals surface area contributed by atoms with Crippen molar-refractivity contribution in [1.82, 2.24) is 9.88 Å². The van der Waals surface area contributed by atoms with Crippen molar-refractivity contribution in [2.45, 2.75) is 38.9 Å². The van der Waals surface area contributed by atoms with Crippen LogP contribution < -0.4 is 4.74 Å². The van der Waals surface area contributed by atoms with Crippen LogP contribution in [0.25, 0.3) is 0 Å². The van der Waals surface area contributed by atoms with Crippen LogP contribution in [0.5, 0.6) is 5.88 Å². The normalized spacial score (nSPS) is 20.8. The molecule has 2 rings (SSSR count). The maximum Gasteiger partial charge on any atom is 0.421 e. The van der Waals surface area contributed by atoms with Crippen molar-refractivity contribution in [3.05, 3.63) is 23.9 Å². The molecule has 2 heterocycles. The number of piperidine rings is 1. The average Bonchev–Trinajstić information content (AvgIpc) is 2.45. The molecule has 21 heavy (non-hydrogen) atoms. The highest BCUT2D eigenvalue weighted by molar-refractivity contribution is 5.28. The van der Waals surface area contributed by atoms with Gasteiger partial charge in [-0.25, -0.2) is 4.98 Å². The van der Waals surface area contributed by atoms with E-state index in [-0.39, 0.29) is 18.4 Å². The lowest BCUT2D eigenvalue weighted by molar-refractivity contribution is -0.139. The van der Waals surface area contributed by atoms with Gasteiger partial charge in [0.1, 0.15) is 5.56 Å². The number of ether oxygens (including phenoxy) is 1. The van der Waals surface area contributed by atoms with Crippen molar-refractivity contribution in [2.24, 2.45) is 5.92 Å². The molecule has 0 bridgehead atoms. The fourth-order valence-corrected chi connectivity index (χ4v) is 2.62. The number of hydrogen-bond acceptors (Lipinski definition) is 3. The van der Waals surface area contributed by atoms with E-state index in [9.17, 15) is 13.2 Å². The van der Waals surface area contributed by atoms with Crippen molar-refractivity contribution in [3.63, 3.8) is 0 Å². The Morgan fingerprint density at radius 1 is 1.43 bits per heavy atom. The van der Waals surface area contributed by atoms with Gasteiger partial charge in [0.15, 0.2) is 0 Å². The van der Waals surface area contributed by atoms with Gasteiger partial charge in [0, 0.05) is 24.7 Å². The van der Waals surface area contributed by atoms with E-state index in [4.69, 9.17) is 4.74 Å². The van der Waals surface area contributed by atoms with E-state index in [0.29, 0.717) is 6.04 Å². The molecule has 118 valence electrons. The first-order valence-electron chi connectivity index (χ1n) is 7.27. The number of aromatic nitrogens is 1. The zero-order valence-corrected chi connectivity index (χ0v) is 12.4. The zero-order valence-electron chi connectivity index (χ0n) is 12.4. The third-order valence-electron chi connectivity index (χ3n) is 3.81. The van der Waals surface area contributed by atoms with Gasteiger partial charge in [-0.15, -0.1) is 0 Å². The molecule has 1 saturated heterocycles. The maximum atomic E-state index is 12.9. The lowest BCUT2D eigenvalue weighted by Crippen LogP contribution is -2.41. The van der Waals surface area contributed by atoms with Crippen LogP contribution in [-0.4, -0.2) is 35.6 Å². The highest BCUT2D eigenvalue weighted by Gasteiger charge is 2.35. The summed E-state index contributed by atoms with van der Waals surface area (Å²) < 4.78 is 43.9. The summed E-state index contributed by atoms with van der Waals surface area (Å²) in [5.41, 5.74) is -0.804. The van der Waals surface area contributed by atoms with Gasteiger partial charge in [-0.3, -0.25) is 0 Å². The van der Waals surface area contributed by atoms with E-state index in [2.05, 4.69) is 23.7 Å². The lowest BCUT2D eigenvalue weighted by Gasteiger charge is -2.35. The van der Waals surface area contributed by atoms with Crippen LogP contribution in [0.15, 0.2) is 18.3 Å². The molecule has 1 fully saturated rings. The highest BCUT2D eigenvalue weighted by atomic mass is 19.4. The molecule has 0 aromatic carbocycles. The Kier molecular flexibility index (Phi) is 5.08. The van der Waals surface area contributed by atoms with E-state index >= 15 is 0 Å². The molecule has 1 unspecified atom stereocenters. The predicted molar refractivity (Wildman–Crippen MR) is 74.2 cm³/mol. The Morgan fingerprint density at radius 3 is 2.86 bits per heavy atom. The minimum absolute atomic E-state index is 0.254. The molecule has 1 aromatic rings. The third-order valence-corrected chi connectivity index (χ3v) is 3.81. The Balaban J connectivity index is 1.97. The standard InChI is InChI=1S/C15H21F3N2O/c1-11(2)20-8-4-5-12(9-20)10-21-14-13(15(16,17)18)6-3-7-19-14/h3,6-7,11-12H,4-5,8-10H2,1-2H3. The van der Waals surface area contributed by atoms with Gasteiger partial charge < -0.3 is 9.64 Å². The highest BCUT2D eigenvalue weighted by Crippen LogP contribution is 2.34. The summed E-state index contributed by atoms with van der Waals surface area (Å²) in [5.74, 6) is -0.0593. The molecule has 1 atom stereocenters. The summed E-state index contributed by atoms with van der Waals surface area (Å²) in [5, 5.41) is 0. The van der Waals surface area contributed by atoms with Gasteiger partial charge in [0.05, 0.1) is 6.61 Å². The van der Waals surface area contributed by atoms with Gasteiger partial charge in [0.2, 0.25) is 5.88 Å². The number of halogens is 3. The summed E-state index contributed by atoms with van der Waals surface area (Å²) in [7, 11) is 0. The molecule has 0 aliphatic carbocycles. The van der Waals surface area contributed by atoms with Crippen LogP contribution in [0, 0.1) is 5.92 Å². The fraction of sp³-hybridized carbons (Fsp3) is 0.667. The van der Waals surface area contributed by atoms with Crippen LogP contribution in [0.2, 0.25) is 0 Å². The quantitative estimate of drug-likeness (QED) is 0.850. The number of hydrogen-bond donors (Lipinski definition) is 0. The van der Waals surface area contributed by atoms with Gasteiger partial charge in [-0.1, -0.05) is 0 Å². The van der Waals surface area contributed by atoms with Crippen LogP contribution in [0.4, 0.5) is 13.2 Å². The number of pyridine rings is 1. The third kappa shape index (κ3) is 4.33. The van der Waals surface area contributed by atoms with Crippen molar-refractivity contribution < 1.29 is 17.9 Å². The predicted octanol–water partition coefficient (Wildman–Crippen LogP) is 3.60. The minimum atomic E-state index is -4.43. The Hall–Kier alpha value is -1.30. The van der Waals surface area contributed by atoms with E-state index in [1.807, 2.05) is 0 Å². The smallest absolute Gasteiger partial charge is 0.421 e. The summed E-state index contributed by atoms with van der Waals surface area (Å²) >= 11 is 0. The van der Waals surface area contributed by atoms with Gasteiger partial charge in [-0.05, 0) is 45.4 Å². The van der Waals surface area contributed by atoms with E-state index in [0.717, 1.165) is 32.0 Å². The molecular weight excluding hydrogens is 281 g/mol. The van der Waals surface area contributed by atoms with Crippen molar-refractivity contribution in [1.29, 1.82) is 0 Å². The average molecular weight is 302 g/mol. The van der Waals surface area contributed by atoms with E-state index in [1.54, 1.807) is 0 Å². The number of alkyl halides is 3. The largest absolute Gasteiger partial charge is 0.477 e. The Bertz CT molecular complexity index is 462. The number of likely N-dealkylation sites (tertiary alicyclic amines) is 1. The van der Waals surface area contributed by atoms with Crippen LogP contribution in [-0.2, 0) is 6.18 Å². The van der Waals surface area contributed by atoms with Crippen molar-refractivity contribution in [3.8, 4) is 5.88 Å². The molecule has 0 spiro atoms. The first-order valence-corrected chi connectivity index (χ1v) is 7.27. The van der Waals surface area contributed by atoms with Gasteiger partial charge in [0.25, 0.3) is 0 Å². The molecule has 1 aromatic heterocycles. The van der Waals surface area contributed by atoms with Crippen molar-refractivity contribution >= 4 is 0 Å².